The lowest BCUT2D eigenvalue weighted by atomic mass is 10.0. The lowest BCUT2D eigenvalue weighted by Crippen LogP contribution is -2.44. The number of hydrogen-bond acceptors (Lipinski definition) is 4. The van der Waals surface area contributed by atoms with Crippen LogP contribution in [0, 0.1) is 0 Å². The molecular formula is C13H21FN2O4S2. The van der Waals surface area contributed by atoms with Crippen molar-refractivity contribution in [2.24, 2.45) is 0 Å². The average molecular weight is 352 g/mol. The average Bonchev–Trinajstić information content (AvgIpc) is 2.27. The molecule has 0 saturated carbocycles. The summed E-state index contributed by atoms with van der Waals surface area (Å²) in [6.45, 7) is 2.79. The Morgan fingerprint density at radius 1 is 1.18 bits per heavy atom. The molecule has 126 valence electrons. The van der Waals surface area contributed by atoms with E-state index in [1.165, 1.54) is 6.07 Å². The minimum absolute atomic E-state index is 0.171. The first-order valence-corrected chi connectivity index (χ1v) is 10.2. The largest absolute Gasteiger partial charge is 0.284 e. The Balaban J connectivity index is 2.99. The highest BCUT2D eigenvalue weighted by Crippen LogP contribution is 2.23. The predicted molar refractivity (Wildman–Crippen MR) is 85.3 cm³/mol. The molecule has 0 amide bonds. The lowest BCUT2D eigenvalue weighted by Gasteiger charge is -2.23. The van der Waals surface area contributed by atoms with Crippen molar-refractivity contribution in [3.05, 3.63) is 29.8 Å². The number of anilines is 1. The zero-order valence-electron chi connectivity index (χ0n) is 12.8. The van der Waals surface area contributed by atoms with Crippen LogP contribution >= 0.6 is 0 Å². The number of rotatable bonds is 8. The molecule has 0 heterocycles. The van der Waals surface area contributed by atoms with E-state index in [1.807, 2.05) is 4.72 Å². The van der Waals surface area contributed by atoms with Gasteiger partial charge in [0.05, 0.1) is 17.7 Å². The molecule has 0 aromatic heterocycles. The molecule has 2 N–H and O–H groups in total. The van der Waals surface area contributed by atoms with Gasteiger partial charge < -0.3 is 0 Å². The summed E-state index contributed by atoms with van der Waals surface area (Å²) < 4.78 is 64.8. The van der Waals surface area contributed by atoms with Crippen LogP contribution in [-0.4, -0.2) is 34.6 Å². The van der Waals surface area contributed by atoms with Crippen LogP contribution in [0.1, 0.15) is 25.8 Å². The molecule has 0 radical (unpaired) electrons. The topological polar surface area (TPSA) is 92.3 Å². The van der Waals surface area contributed by atoms with Gasteiger partial charge in [-0.15, -0.1) is 0 Å². The highest BCUT2D eigenvalue weighted by Gasteiger charge is 2.30. The van der Waals surface area contributed by atoms with Crippen LogP contribution < -0.4 is 9.44 Å². The van der Waals surface area contributed by atoms with Crippen molar-refractivity contribution in [2.75, 3.05) is 16.7 Å². The first kappa shape index (κ1) is 18.9. The summed E-state index contributed by atoms with van der Waals surface area (Å²) in [4.78, 5) is 0. The van der Waals surface area contributed by atoms with Gasteiger partial charge in [0.1, 0.15) is 0 Å². The zero-order chi connectivity index (χ0) is 17.0. The number of alkyl halides is 1. The van der Waals surface area contributed by atoms with Crippen LogP contribution in [0.15, 0.2) is 24.3 Å². The molecule has 1 aromatic rings. The number of sulfonamides is 2. The van der Waals surface area contributed by atoms with Crippen LogP contribution in [0.5, 0.6) is 0 Å². The Kier molecular flexibility index (Phi) is 5.94. The number of para-hydroxylation sites is 1. The van der Waals surface area contributed by atoms with Gasteiger partial charge in [0.25, 0.3) is 0 Å². The quantitative estimate of drug-likeness (QED) is 0.695. The van der Waals surface area contributed by atoms with E-state index in [2.05, 4.69) is 4.72 Å². The van der Waals surface area contributed by atoms with Gasteiger partial charge in [0, 0.05) is 6.42 Å². The molecule has 22 heavy (non-hydrogen) atoms. The van der Waals surface area contributed by atoms with Crippen molar-refractivity contribution < 1.29 is 21.2 Å². The Morgan fingerprint density at radius 3 is 2.32 bits per heavy atom. The molecule has 9 heteroatoms. The Hall–Kier alpha value is -1.19. The van der Waals surface area contributed by atoms with Crippen molar-refractivity contribution in [2.45, 2.75) is 32.5 Å². The minimum atomic E-state index is -3.72. The Morgan fingerprint density at radius 2 is 1.77 bits per heavy atom. The molecule has 0 aliphatic carbocycles. The highest BCUT2D eigenvalue weighted by molar-refractivity contribution is 7.92. The summed E-state index contributed by atoms with van der Waals surface area (Å²) in [5.41, 5.74) is 0.584. The van der Waals surface area contributed by atoms with Gasteiger partial charge in [0.2, 0.25) is 20.0 Å². The second-order valence-corrected chi connectivity index (χ2v) is 8.92. The number of hydrogen-bond donors (Lipinski definition) is 2. The second kappa shape index (κ2) is 6.93. The normalized spacial score (nSPS) is 15.3. The molecule has 0 bridgehead atoms. The lowest BCUT2D eigenvalue weighted by molar-refractivity contribution is 0.174. The van der Waals surface area contributed by atoms with Gasteiger partial charge >= 0.3 is 0 Å². The molecular weight excluding hydrogens is 331 g/mol. The molecule has 0 fully saturated rings. The summed E-state index contributed by atoms with van der Waals surface area (Å²) in [5, 5.41) is 0. The third-order valence-corrected chi connectivity index (χ3v) is 4.95. The smallest absolute Gasteiger partial charge is 0.229 e. The molecule has 0 saturated heterocycles. The maximum Gasteiger partial charge on any atom is 0.229 e. The van der Waals surface area contributed by atoms with E-state index in [4.69, 9.17) is 0 Å². The summed E-state index contributed by atoms with van der Waals surface area (Å²) >= 11 is 0. The standard InChI is InChI=1S/C13H21FN2O4S2/c1-4-9-22(19,20)16-13(2,14)10-11-7-5-6-8-12(11)15-21(3,17)18/h5-8,15-16H,4,9-10H2,1-3H3. The van der Waals surface area contributed by atoms with Crippen molar-refractivity contribution in [3.8, 4) is 0 Å². The third kappa shape index (κ3) is 6.71. The van der Waals surface area contributed by atoms with Crippen molar-refractivity contribution >= 4 is 25.7 Å². The van der Waals surface area contributed by atoms with Gasteiger partial charge in [-0.1, -0.05) is 25.1 Å². The molecule has 0 aliphatic heterocycles. The molecule has 0 spiro atoms. The molecule has 0 aliphatic rings. The fraction of sp³-hybridized carbons (Fsp3) is 0.538. The molecule has 1 rings (SSSR count). The minimum Gasteiger partial charge on any atom is -0.284 e. The van der Waals surface area contributed by atoms with Gasteiger partial charge in [-0.3, -0.25) is 4.72 Å². The van der Waals surface area contributed by atoms with Crippen molar-refractivity contribution in [3.63, 3.8) is 0 Å². The van der Waals surface area contributed by atoms with E-state index >= 15 is 0 Å². The number of benzene rings is 1. The fourth-order valence-corrected chi connectivity index (χ4v) is 3.97. The van der Waals surface area contributed by atoms with E-state index < -0.39 is 25.8 Å². The van der Waals surface area contributed by atoms with Crippen molar-refractivity contribution in [1.82, 2.24) is 4.72 Å². The first-order chi connectivity index (χ1) is 9.94. The van der Waals surface area contributed by atoms with E-state index in [-0.39, 0.29) is 17.9 Å². The maximum absolute atomic E-state index is 14.5. The first-order valence-electron chi connectivity index (χ1n) is 6.70. The Bertz CT molecular complexity index is 715. The van der Waals surface area contributed by atoms with Crippen LogP contribution in [0.2, 0.25) is 0 Å². The summed E-state index contributed by atoms with van der Waals surface area (Å²) in [7, 11) is -7.23. The summed E-state index contributed by atoms with van der Waals surface area (Å²) in [5.74, 6) is -2.39. The second-order valence-electron chi connectivity index (χ2n) is 5.33. The van der Waals surface area contributed by atoms with Gasteiger partial charge in [-0.25, -0.2) is 21.2 Å². The Labute approximate surface area is 131 Å². The van der Waals surface area contributed by atoms with E-state index in [0.29, 0.717) is 12.0 Å². The van der Waals surface area contributed by atoms with E-state index in [1.54, 1.807) is 25.1 Å². The van der Waals surface area contributed by atoms with Gasteiger partial charge in [0.15, 0.2) is 5.79 Å². The van der Waals surface area contributed by atoms with E-state index in [0.717, 1.165) is 13.2 Å². The highest BCUT2D eigenvalue weighted by atomic mass is 32.2. The van der Waals surface area contributed by atoms with Crippen LogP contribution in [0.4, 0.5) is 10.1 Å². The molecule has 1 unspecified atom stereocenters. The predicted octanol–water partition coefficient (Wildman–Crippen LogP) is 1.62. The van der Waals surface area contributed by atoms with E-state index in [9.17, 15) is 21.2 Å². The summed E-state index contributed by atoms with van der Waals surface area (Å²) in [6.07, 6.45) is 1.06. The molecule has 1 atom stereocenters. The molecule has 1 aromatic carbocycles. The number of halogens is 1. The summed E-state index contributed by atoms with van der Waals surface area (Å²) in [6, 6.07) is 6.26. The van der Waals surface area contributed by atoms with Crippen LogP contribution in [0.25, 0.3) is 0 Å². The SMILES string of the molecule is CCCS(=O)(=O)NC(C)(F)Cc1ccccc1NS(C)(=O)=O. The van der Waals surface area contributed by atoms with Gasteiger partial charge in [-0.2, -0.15) is 4.72 Å². The van der Waals surface area contributed by atoms with Gasteiger partial charge in [-0.05, 0) is 25.0 Å². The molecule has 6 nitrogen and oxygen atoms in total. The fourth-order valence-electron chi connectivity index (χ4n) is 2.01. The van der Waals surface area contributed by atoms with Crippen LogP contribution in [-0.2, 0) is 26.5 Å². The van der Waals surface area contributed by atoms with Crippen LogP contribution in [0.3, 0.4) is 0 Å². The monoisotopic (exact) mass is 352 g/mol. The third-order valence-electron chi connectivity index (χ3n) is 2.68. The zero-order valence-corrected chi connectivity index (χ0v) is 14.4. The van der Waals surface area contributed by atoms with Crippen molar-refractivity contribution in [1.29, 1.82) is 0 Å². The number of nitrogens with one attached hydrogen (secondary N) is 2. The maximum atomic E-state index is 14.5.